The van der Waals surface area contributed by atoms with Crippen molar-refractivity contribution in [3.8, 4) is 0 Å². The summed E-state index contributed by atoms with van der Waals surface area (Å²) in [5.41, 5.74) is 0.712. The van der Waals surface area contributed by atoms with Crippen molar-refractivity contribution in [1.82, 2.24) is 14.8 Å². The van der Waals surface area contributed by atoms with E-state index in [1.807, 2.05) is 10.3 Å². The first-order valence-corrected chi connectivity index (χ1v) is 12.1. The van der Waals surface area contributed by atoms with Gasteiger partial charge < -0.3 is 4.90 Å². The standard InChI is InChI=1S/C17H24N4O4S2/c22-15-2-1-4-21(15)17-18-13(11-26-17)10-16(23)20-7-5-19(6-8-20)14-3-9-27(24,25)12-14/h11,14H,1-10,12H2/t14-/m0/s1. The molecule has 0 aliphatic carbocycles. The van der Waals surface area contributed by atoms with Crippen LogP contribution in [0, 0.1) is 0 Å². The van der Waals surface area contributed by atoms with Gasteiger partial charge in [0, 0.05) is 50.6 Å². The van der Waals surface area contributed by atoms with Crippen molar-refractivity contribution >= 4 is 38.1 Å². The molecule has 0 saturated carbocycles. The van der Waals surface area contributed by atoms with Crippen molar-refractivity contribution in [1.29, 1.82) is 0 Å². The molecule has 148 valence electrons. The van der Waals surface area contributed by atoms with Gasteiger partial charge in [-0.1, -0.05) is 0 Å². The number of amides is 2. The third kappa shape index (κ3) is 4.17. The molecule has 27 heavy (non-hydrogen) atoms. The van der Waals surface area contributed by atoms with Crippen molar-refractivity contribution in [2.75, 3.05) is 49.1 Å². The van der Waals surface area contributed by atoms with E-state index in [1.165, 1.54) is 11.3 Å². The molecule has 3 aliphatic heterocycles. The topological polar surface area (TPSA) is 90.9 Å². The molecule has 3 saturated heterocycles. The molecular formula is C17H24N4O4S2. The van der Waals surface area contributed by atoms with Gasteiger partial charge in [0.2, 0.25) is 11.8 Å². The summed E-state index contributed by atoms with van der Waals surface area (Å²) in [7, 11) is -2.88. The average Bonchev–Trinajstić information content (AvgIpc) is 3.35. The molecule has 2 amide bonds. The van der Waals surface area contributed by atoms with Crippen molar-refractivity contribution in [3.05, 3.63) is 11.1 Å². The van der Waals surface area contributed by atoms with Crippen LogP contribution in [0.1, 0.15) is 25.0 Å². The molecule has 8 nitrogen and oxygen atoms in total. The zero-order valence-corrected chi connectivity index (χ0v) is 16.8. The summed E-state index contributed by atoms with van der Waals surface area (Å²) in [5.74, 6) is 0.672. The van der Waals surface area contributed by atoms with Crippen LogP contribution in [0.15, 0.2) is 5.38 Å². The van der Waals surface area contributed by atoms with E-state index >= 15 is 0 Å². The first kappa shape index (κ1) is 18.8. The van der Waals surface area contributed by atoms with E-state index in [0.717, 1.165) is 19.5 Å². The normalized spacial score (nSPS) is 26.1. The minimum atomic E-state index is -2.88. The maximum absolute atomic E-state index is 12.6. The number of hydrogen-bond donors (Lipinski definition) is 0. The Bertz CT molecular complexity index is 830. The fourth-order valence-electron chi connectivity index (χ4n) is 4.02. The van der Waals surface area contributed by atoms with E-state index < -0.39 is 9.84 Å². The molecule has 1 atom stereocenters. The Labute approximate surface area is 163 Å². The van der Waals surface area contributed by atoms with E-state index in [-0.39, 0.29) is 35.8 Å². The van der Waals surface area contributed by atoms with Gasteiger partial charge in [-0.05, 0) is 12.8 Å². The number of hydrogen-bond acceptors (Lipinski definition) is 7. The summed E-state index contributed by atoms with van der Waals surface area (Å²) >= 11 is 1.41. The Kier molecular flexibility index (Phi) is 5.21. The Balaban J connectivity index is 1.29. The van der Waals surface area contributed by atoms with Crippen LogP contribution in [-0.4, -0.2) is 85.3 Å². The van der Waals surface area contributed by atoms with E-state index in [2.05, 4.69) is 9.88 Å². The van der Waals surface area contributed by atoms with Gasteiger partial charge in [0.05, 0.1) is 23.6 Å². The number of sulfone groups is 1. The highest BCUT2D eigenvalue weighted by Gasteiger charge is 2.34. The molecule has 0 spiro atoms. The number of rotatable bonds is 4. The fourth-order valence-corrected chi connectivity index (χ4v) is 6.65. The van der Waals surface area contributed by atoms with Crippen LogP contribution in [0.25, 0.3) is 0 Å². The highest BCUT2D eigenvalue weighted by atomic mass is 32.2. The number of piperazine rings is 1. The second-order valence-electron chi connectivity index (χ2n) is 7.42. The number of anilines is 1. The second-order valence-corrected chi connectivity index (χ2v) is 10.5. The Morgan fingerprint density at radius 3 is 2.63 bits per heavy atom. The van der Waals surface area contributed by atoms with Gasteiger partial charge in [-0.3, -0.25) is 19.4 Å². The summed E-state index contributed by atoms with van der Waals surface area (Å²) < 4.78 is 23.3. The SMILES string of the molecule is O=C(Cc1csc(N2CCCC2=O)n1)N1CCN([C@H]2CCS(=O)(=O)C2)CC1. The zero-order chi connectivity index (χ0) is 19.0. The van der Waals surface area contributed by atoms with Crippen LogP contribution in [0.2, 0.25) is 0 Å². The maximum Gasteiger partial charge on any atom is 0.228 e. The van der Waals surface area contributed by atoms with Gasteiger partial charge in [0.25, 0.3) is 0 Å². The Morgan fingerprint density at radius 2 is 2.00 bits per heavy atom. The largest absolute Gasteiger partial charge is 0.340 e. The molecule has 0 aromatic carbocycles. The van der Waals surface area contributed by atoms with Gasteiger partial charge in [-0.2, -0.15) is 0 Å². The molecular weight excluding hydrogens is 388 g/mol. The third-order valence-electron chi connectivity index (χ3n) is 5.57. The van der Waals surface area contributed by atoms with Crippen LogP contribution < -0.4 is 4.90 Å². The minimum absolute atomic E-state index is 0.0401. The van der Waals surface area contributed by atoms with E-state index in [4.69, 9.17) is 0 Å². The minimum Gasteiger partial charge on any atom is -0.340 e. The maximum atomic E-state index is 12.6. The molecule has 3 aliphatic rings. The number of nitrogens with zero attached hydrogens (tertiary/aromatic N) is 4. The van der Waals surface area contributed by atoms with E-state index in [0.29, 0.717) is 43.3 Å². The molecule has 0 radical (unpaired) electrons. The summed E-state index contributed by atoms with van der Waals surface area (Å²) in [6, 6.07) is 0.103. The Morgan fingerprint density at radius 1 is 1.22 bits per heavy atom. The average molecular weight is 413 g/mol. The quantitative estimate of drug-likeness (QED) is 0.699. The monoisotopic (exact) mass is 412 g/mol. The molecule has 10 heteroatoms. The second kappa shape index (κ2) is 7.48. The summed E-state index contributed by atoms with van der Waals surface area (Å²) in [6.45, 7) is 3.39. The van der Waals surface area contributed by atoms with Gasteiger partial charge in [-0.15, -0.1) is 11.3 Å². The summed E-state index contributed by atoms with van der Waals surface area (Å²) in [6.07, 6.45) is 2.38. The lowest BCUT2D eigenvalue weighted by atomic mass is 10.2. The molecule has 3 fully saturated rings. The van der Waals surface area contributed by atoms with Crippen LogP contribution in [0.4, 0.5) is 5.13 Å². The van der Waals surface area contributed by atoms with Crippen molar-refractivity contribution in [2.24, 2.45) is 0 Å². The smallest absolute Gasteiger partial charge is 0.228 e. The van der Waals surface area contributed by atoms with Gasteiger partial charge >= 0.3 is 0 Å². The Hall–Kier alpha value is -1.52. The fraction of sp³-hybridized carbons (Fsp3) is 0.706. The number of aromatic nitrogens is 1. The summed E-state index contributed by atoms with van der Waals surface area (Å²) in [5, 5.41) is 2.55. The molecule has 4 rings (SSSR count). The van der Waals surface area contributed by atoms with Crippen molar-refractivity contribution < 1.29 is 18.0 Å². The predicted molar refractivity (Wildman–Crippen MR) is 103 cm³/mol. The molecule has 0 unspecified atom stereocenters. The highest BCUT2D eigenvalue weighted by Crippen LogP contribution is 2.26. The highest BCUT2D eigenvalue weighted by molar-refractivity contribution is 7.91. The molecule has 0 N–H and O–H groups in total. The van der Waals surface area contributed by atoms with Crippen molar-refractivity contribution in [2.45, 2.75) is 31.7 Å². The van der Waals surface area contributed by atoms with E-state index in [9.17, 15) is 18.0 Å². The van der Waals surface area contributed by atoms with E-state index in [1.54, 1.807) is 4.90 Å². The van der Waals surface area contributed by atoms with Crippen molar-refractivity contribution in [3.63, 3.8) is 0 Å². The lowest BCUT2D eigenvalue weighted by Gasteiger charge is -2.37. The van der Waals surface area contributed by atoms with Crippen LogP contribution in [0.5, 0.6) is 0 Å². The number of carbonyl (C=O) groups is 2. The predicted octanol–water partition coefficient (Wildman–Crippen LogP) is 0.144. The van der Waals surface area contributed by atoms with Crippen LogP contribution in [0.3, 0.4) is 0 Å². The van der Waals surface area contributed by atoms with Gasteiger partial charge in [-0.25, -0.2) is 13.4 Å². The first-order chi connectivity index (χ1) is 12.9. The molecule has 1 aromatic rings. The van der Waals surface area contributed by atoms with Crippen LogP contribution >= 0.6 is 11.3 Å². The molecule has 0 bridgehead atoms. The lowest BCUT2D eigenvalue weighted by molar-refractivity contribution is -0.132. The van der Waals surface area contributed by atoms with Gasteiger partial charge in [0.1, 0.15) is 0 Å². The summed E-state index contributed by atoms with van der Waals surface area (Å²) in [4.78, 5) is 34.6. The first-order valence-electron chi connectivity index (χ1n) is 9.38. The third-order valence-corrected chi connectivity index (χ3v) is 8.23. The van der Waals surface area contributed by atoms with Gasteiger partial charge in [0.15, 0.2) is 15.0 Å². The number of thiazole rings is 1. The zero-order valence-electron chi connectivity index (χ0n) is 15.2. The lowest BCUT2D eigenvalue weighted by Crippen LogP contribution is -2.52. The number of carbonyl (C=O) groups excluding carboxylic acids is 2. The van der Waals surface area contributed by atoms with Crippen LogP contribution in [-0.2, 0) is 25.8 Å². The molecule has 1 aromatic heterocycles. The molecule has 4 heterocycles.